The maximum Gasteiger partial charge on any atom is 0.138 e. The minimum atomic E-state index is 0.0620. The van der Waals surface area contributed by atoms with Crippen LogP contribution >= 0.6 is 11.6 Å². The molecular formula is C14H20ClNO2. The maximum atomic E-state index is 6.25. The Morgan fingerprint density at radius 2 is 2.28 bits per heavy atom. The van der Waals surface area contributed by atoms with E-state index < -0.39 is 0 Å². The highest BCUT2D eigenvalue weighted by Crippen LogP contribution is 2.34. The second-order valence-electron chi connectivity index (χ2n) is 4.61. The molecule has 0 aliphatic carbocycles. The van der Waals surface area contributed by atoms with Gasteiger partial charge in [-0.15, -0.1) is 0 Å². The first kappa shape index (κ1) is 13.7. The van der Waals surface area contributed by atoms with E-state index in [0.29, 0.717) is 17.7 Å². The van der Waals surface area contributed by atoms with E-state index >= 15 is 0 Å². The fraction of sp³-hybridized carbons (Fsp3) is 0.571. The molecule has 2 unspecified atom stereocenters. The van der Waals surface area contributed by atoms with Crippen molar-refractivity contribution in [3.05, 3.63) is 28.3 Å². The number of ether oxygens (including phenoxy) is 2. The van der Waals surface area contributed by atoms with Gasteiger partial charge in [-0.2, -0.15) is 0 Å². The Balaban J connectivity index is 2.30. The monoisotopic (exact) mass is 269 g/mol. The zero-order valence-corrected chi connectivity index (χ0v) is 11.9. The third-order valence-electron chi connectivity index (χ3n) is 3.25. The van der Waals surface area contributed by atoms with Crippen LogP contribution in [-0.4, -0.2) is 25.8 Å². The maximum absolute atomic E-state index is 6.25. The van der Waals surface area contributed by atoms with Gasteiger partial charge in [0.25, 0.3) is 0 Å². The molecule has 0 spiro atoms. The fourth-order valence-corrected chi connectivity index (χ4v) is 2.55. The van der Waals surface area contributed by atoms with Crippen molar-refractivity contribution in [2.45, 2.75) is 32.9 Å². The molecule has 0 bridgehead atoms. The number of hydrogen-bond donors (Lipinski definition) is 1. The van der Waals surface area contributed by atoms with Gasteiger partial charge in [0.2, 0.25) is 0 Å². The Morgan fingerprint density at radius 3 is 2.94 bits per heavy atom. The summed E-state index contributed by atoms with van der Waals surface area (Å²) in [6.45, 7) is 8.42. The molecule has 3 nitrogen and oxygen atoms in total. The van der Waals surface area contributed by atoms with Gasteiger partial charge >= 0.3 is 0 Å². The summed E-state index contributed by atoms with van der Waals surface area (Å²) in [4.78, 5) is 0. The SMILES string of the molecule is CCOc1cc(C)c(C2OCCNC2C)cc1Cl. The summed E-state index contributed by atoms with van der Waals surface area (Å²) in [6, 6.07) is 4.26. The third kappa shape index (κ3) is 2.79. The van der Waals surface area contributed by atoms with Gasteiger partial charge in [-0.1, -0.05) is 11.6 Å². The van der Waals surface area contributed by atoms with Gasteiger partial charge in [-0.3, -0.25) is 0 Å². The number of halogens is 1. The third-order valence-corrected chi connectivity index (χ3v) is 3.54. The van der Waals surface area contributed by atoms with Crippen LogP contribution in [0.15, 0.2) is 12.1 Å². The standard InChI is InChI=1S/C14H20ClNO2/c1-4-17-13-7-9(2)11(8-12(13)15)14-10(3)16-5-6-18-14/h7-8,10,14,16H,4-6H2,1-3H3. The number of benzene rings is 1. The molecule has 18 heavy (non-hydrogen) atoms. The van der Waals surface area contributed by atoms with Crippen LogP contribution in [0.2, 0.25) is 5.02 Å². The van der Waals surface area contributed by atoms with E-state index in [2.05, 4.69) is 19.2 Å². The molecule has 1 fully saturated rings. The molecule has 1 aromatic carbocycles. The number of morpholine rings is 1. The van der Waals surface area contributed by atoms with Crippen LogP contribution in [0.4, 0.5) is 0 Å². The van der Waals surface area contributed by atoms with Crippen molar-refractivity contribution >= 4 is 11.6 Å². The quantitative estimate of drug-likeness (QED) is 0.915. The molecule has 1 saturated heterocycles. The summed E-state index contributed by atoms with van der Waals surface area (Å²) < 4.78 is 11.3. The normalized spacial score (nSPS) is 24.0. The first-order valence-electron chi connectivity index (χ1n) is 6.41. The lowest BCUT2D eigenvalue weighted by Crippen LogP contribution is -2.41. The van der Waals surface area contributed by atoms with Crippen molar-refractivity contribution in [1.29, 1.82) is 0 Å². The highest BCUT2D eigenvalue weighted by molar-refractivity contribution is 6.32. The van der Waals surface area contributed by atoms with Gasteiger partial charge in [0.15, 0.2) is 0 Å². The van der Waals surface area contributed by atoms with Crippen molar-refractivity contribution in [2.75, 3.05) is 19.8 Å². The van der Waals surface area contributed by atoms with E-state index in [-0.39, 0.29) is 6.10 Å². The molecule has 0 saturated carbocycles. The average Bonchev–Trinajstić information content (AvgIpc) is 2.35. The number of nitrogens with one attached hydrogen (secondary N) is 1. The Labute approximate surface area is 113 Å². The summed E-state index contributed by atoms with van der Waals surface area (Å²) in [5, 5.41) is 4.07. The molecule has 1 aliphatic heterocycles. The van der Waals surface area contributed by atoms with Crippen molar-refractivity contribution in [1.82, 2.24) is 5.32 Å². The average molecular weight is 270 g/mol. The summed E-state index contributed by atoms with van der Waals surface area (Å²) in [5.74, 6) is 0.747. The minimum absolute atomic E-state index is 0.0620. The van der Waals surface area contributed by atoms with Crippen molar-refractivity contribution in [3.63, 3.8) is 0 Å². The Hall–Kier alpha value is -0.770. The molecule has 1 N–H and O–H groups in total. The second kappa shape index (κ2) is 5.91. The minimum Gasteiger partial charge on any atom is -0.492 e. The predicted molar refractivity (Wildman–Crippen MR) is 73.5 cm³/mol. The summed E-state index contributed by atoms with van der Waals surface area (Å²) in [7, 11) is 0. The molecule has 2 atom stereocenters. The number of hydrogen-bond acceptors (Lipinski definition) is 3. The largest absolute Gasteiger partial charge is 0.492 e. The molecule has 2 rings (SSSR count). The van der Waals surface area contributed by atoms with E-state index in [0.717, 1.165) is 30.0 Å². The van der Waals surface area contributed by atoms with E-state index in [1.807, 2.05) is 19.1 Å². The van der Waals surface area contributed by atoms with Gasteiger partial charge in [0.05, 0.1) is 24.3 Å². The molecule has 100 valence electrons. The Bertz CT molecular complexity index is 423. The van der Waals surface area contributed by atoms with Gasteiger partial charge in [-0.25, -0.2) is 0 Å². The van der Waals surface area contributed by atoms with Gasteiger partial charge in [-0.05, 0) is 44.0 Å². The van der Waals surface area contributed by atoms with Gasteiger partial charge < -0.3 is 14.8 Å². The first-order valence-corrected chi connectivity index (χ1v) is 6.79. The summed E-state index contributed by atoms with van der Waals surface area (Å²) in [6.07, 6.45) is 0.0620. The molecule has 1 heterocycles. The topological polar surface area (TPSA) is 30.5 Å². The van der Waals surface area contributed by atoms with Gasteiger partial charge in [0.1, 0.15) is 5.75 Å². The summed E-state index contributed by atoms with van der Waals surface area (Å²) in [5.41, 5.74) is 2.30. The van der Waals surface area contributed by atoms with E-state index in [4.69, 9.17) is 21.1 Å². The number of aryl methyl sites for hydroxylation is 1. The number of rotatable bonds is 3. The van der Waals surface area contributed by atoms with Gasteiger partial charge in [0, 0.05) is 12.6 Å². The molecule has 0 aromatic heterocycles. The van der Waals surface area contributed by atoms with Crippen LogP contribution in [0, 0.1) is 6.92 Å². The second-order valence-corrected chi connectivity index (χ2v) is 5.01. The van der Waals surface area contributed by atoms with Crippen LogP contribution in [0.25, 0.3) is 0 Å². The van der Waals surface area contributed by atoms with Crippen LogP contribution in [0.5, 0.6) is 5.75 Å². The fourth-order valence-electron chi connectivity index (χ4n) is 2.33. The molecular weight excluding hydrogens is 250 g/mol. The van der Waals surface area contributed by atoms with E-state index in [9.17, 15) is 0 Å². The van der Waals surface area contributed by atoms with Crippen LogP contribution in [0.3, 0.4) is 0 Å². The molecule has 1 aliphatic rings. The molecule has 0 radical (unpaired) electrons. The highest BCUT2D eigenvalue weighted by atomic mass is 35.5. The Kier molecular flexibility index (Phi) is 4.49. The Morgan fingerprint density at radius 1 is 1.50 bits per heavy atom. The van der Waals surface area contributed by atoms with Crippen LogP contribution in [-0.2, 0) is 4.74 Å². The molecule has 4 heteroatoms. The lowest BCUT2D eigenvalue weighted by molar-refractivity contribution is -0.000607. The van der Waals surface area contributed by atoms with E-state index in [1.54, 1.807) is 0 Å². The summed E-state index contributed by atoms with van der Waals surface area (Å²) >= 11 is 6.25. The zero-order valence-electron chi connectivity index (χ0n) is 11.1. The molecule has 1 aromatic rings. The smallest absolute Gasteiger partial charge is 0.138 e. The van der Waals surface area contributed by atoms with Crippen molar-refractivity contribution < 1.29 is 9.47 Å². The lowest BCUT2D eigenvalue weighted by Gasteiger charge is -2.31. The highest BCUT2D eigenvalue weighted by Gasteiger charge is 2.25. The van der Waals surface area contributed by atoms with Crippen LogP contribution < -0.4 is 10.1 Å². The predicted octanol–water partition coefficient (Wildman–Crippen LogP) is 3.10. The van der Waals surface area contributed by atoms with Crippen LogP contribution in [0.1, 0.15) is 31.1 Å². The van der Waals surface area contributed by atoms with Crippen molar-refractivity contribution in [2.24, 2.45) is 0 Å². The molecule has 0 amide bonds. The first-order chi connectivity index (χ1) is 8.63. The van der Waals surface area contributed by atoms with E-state index in [1.165, 1.54) is 0 Å². The zero-order chi connectivity index (χ0) is 13.1. The van der Waals surface area contributed by atoms with Crippen molar-refractivity contribution in [3.8, 4) is 5.75 Å². The lowest BCUT2D eigenvalue weighted by atomic mass is 9.97.